The van der Waals surface area contributed by atoms with E-state index in [1.165, 1.54) is 0 Å². The molecular formula is C40H53NO7. The highest BCUT2D eigenvalue weighted by molar-refractivity contribution is 6.10. The number of amides is 1. The number of ether oxygens (including phenoxy) is 4. The molecule has 0 heterocycles. The van der Waals surface area contributed by atoms with Gasteiger partial charge in [0.25, 0.3) is 5.91 Å². The van der Waals surface area contributed by atoms with Crippen molar-refractivity contribution in [2.45, 2.75) is 104 Å². The quantitative estimate of drug-likeness (QED) is 0.0799. The molecule has 0 radical (unpaired) electrons. The average Bonchev–Trinajstić information content (AvgIpc) is 3.11. The van der Waals surface area contributed by atoms with Gasteiger partial charge in [-0.25, -0.2) is 9.59 Å². The molecule has 3 aromatic rings. The van der Waals surface area contributed by atoms with Crippen LogP contribution in [0, 0.1) is 0 Å². The smallest absolute Gasteiger partial charge is 0.342 e. The molecule has 0 saturated carbocycles. The predicted octanol–water partition coefficient (Wildman–Crippen LogP) is 9.95. The maximum Gasteiger partial charge on any atom is 0.342 e. The molecule has 8 nitrogen and oxygen atoms in total. The summed E-state index contributed by atoms with van der Waals surface area (Å²) in [5, 5.41) is 2.88. The molecule has 48 heavy (non-hydrogen) atoms. The maximum atomic E-state index is 13.9. The number of carbonyl (C=O) groups excluding carboxylic acids is 3. The van der Waals surface area contributed by atoms with Gasteiger partial charge in [0, 0.05) is 0 Å². The molecule has 0 unspecified atom stereocenters. The van der Waals surface area contributed by atoms with Crippen molar-refractivity contribution in [2.75, 3.05) is 25.1 Å². The van der Waals surface area contributed by atoms with Crippen LogP contribution in [-0.4, -0.2) is 37.7 Å². The topological polar surface area (TPSA) is 100 Å². The van der Waals surface area contributed by atoms with Crippen LogP contribution in [0.25, 0.3) is 0 Å². The van der Waals surface area contributed by atoms with Gasteiger partial charge in [-0.3, -0.25) is 4.79 Å². The van der Waals surface area contributed by atoms with E-state index in [-0.39, 0.29) is 34.8 Å². The summed E-state index contributed by atoms with van der Waals surface area (Å²) >= 11 is 0. The van der Waals surface area contributed by atoms with Crippen LogP contribution in [0.1, 0.15) is 134 Å². The molecular weight excluding hydrogens is 606 g/mol. The van der Waals surface area contributed by atoms with E-state index in [1.54, 1.807) is 36.4 Å². The van der Waals surface area contributed by atoms with Gasteiger partial charge in [-0.05, 0) is 49.1 Å². The predicted molar refractivity (Wildman–Crippen MR) is 190 cm³/mol. The molecule has 1 amide bonds. The third-order valence-electron chi connectivity index (χ3n) is 7.90. The highest BCUT2D eigenvalue weighted by atomic mass is 16.5. The lowest BCUT2D eigenvalue weighted by molar-refractivity contribution is 0.0464. The lowest BCUT2D eigenvalue weighted by atomic mass is 10.1. The third-order valence-corrected chi connectivity index (χ3v) is 7.90. The van der Waals surface area contributed by atoms with E-state index in [4.69, 9.17) is 18.9 Å². The van der Waals surface area contributed by atoms with Crippen molar-refractivity contribution < 1.29 is 33.3 Å². The van der Waals surface area contributed by atoms with Gasteiger partial charge < -0.3 is 24.3 Å². The summed E-state index contributed by atoms with van der Waals surface area (Å²) in [6, 6.07) is 19.3. The van der Waals surface area contributed by atoms with E-state index in [0.29, 0.717) is 25.5 Å². The Balaban J connectivity index is 1.90. The van der Waals surface area contributed by atoms with Crippen LogP contribution < -0.4 is 14.8 Å². The van der Waals surface area contributed by atoms with Crippen LogP contribution in [0.3, 0.4) is 0 Å². The van der Waals surface area contributed by atoms with E-state index >= 15 is 0 Å². The first kappa shape index (κ1) is 38.1. The highest BCUT2D eigenvalue weighted by Gasteiger charge is 2.24. The van der Waals surface area contributed by atoms with E-state index in [9.17, 15) is 14.4 Å². The first-order valence-corrected chi connectivity index (χ1v) is 17.7. The van der Waals surface area contributed by atoms with Gasteiger partial charge in [0.2, 0.25) is 0 Å². The van der Waals surface area contributed by atoms with Crippen molar-refractivity contribution in [1.82, 2.24) is 0 Å². The fraction of sp³-hybridized carbons (Fsp3) is 0.475. The summed E-state index contributed by atoms with van der Waals surface area (Å²) in [7, 11) is 0. The number of esters is 2. The number of hydrogen-bond donors (Lipinski definition) is 1. The molecule has 3 aromatic carbocycles. The molecule has 1 N–H and O–H groups in total. The van der Waals surface area contributed by atoms with E-state index in [1.807, 2.05) is 30.3 Å². The minimum Gasteiger partial charge on any atom is -0.493 e. The van der Waals surface area contributed by atoms with Crippen molar-refractivity contribution in [3.63, 3.8) is 0 Å². The van der Waals surface area contributed by atoms with E-state index in [0.717, 1.165) is 82.6 Å². The molecule has 0 aromatic heterocycles. The maximum absolute atomic E-state index is 13.9. The summed E-state index contributed by atoms with van der Waals surface area (Å²) in [5.41, 5.74) is 1.82. The lowest BCUT2D eigenvalue weighted by Crippen LogP contribution is -2.19. The second kappa shape index (κ2) is 22.3. The van der Waals surface area contributed by atoms with Gasteiger partial charge in [-0.2, -0.15) is 0 Å². The first-order valence-electron chi connectivity index (χ1n) is 17.7. The van der Waals surface area contributed by atoms with Crippen LogP contribution in [0.5, 0.6) is 11.5 Å². The number of benzene rings is 3. The molecule has 8 heteroatoms. The van der Waals surface area contributed by atoms with E-state index in [2.05, 4.69) is 26.1 Å². The van der Waals surface area contributed by atoms with Crippen molar-refractivity contribution in [1.29, 1.82) is 0 Å². The standard InChI is InChI=1S/C40H53NO7/c1-4-7-10-18-25-45-36-29-34(40(44)48-30-31-21-14-13-15-22-31)37(46-26-19-11-8-5-2)28-33(36)38(42)41-35-24-17-16-23-32(35)39(43)47-27-20-12-9-6-3/h13-17,21-24,28-29H,4-12,18-20,25-27,30H2,1-3H3,(H,41,42). The second-order valence-corrected chi connectivity index (χ2v) is 11.9. The third kappa shape index (κ3) is 13.1. The van der Waals surface area contributed by atoms with Gasteiger partial charge in [0.15, 0.2) is 0 Å². The van der Waals surface area contributed by atoms with Crippen molar-refractivity contribution >= 4 is 23.5 Å². The molecule has 0 aliphatic rings. The number of unbranched alkanes of at least 4 members (excludes halogenated alkanes) is 9. The first-order chi connectivity index (χ1) is 23.5. The van der Waals surface area contributed by atoms with Crippen molar-refractivity contribution in [3.8, 4) is 11.5 Å². The van der Waals surface area contributed by atoms with Gasteiger partial charge in [-0.15, -0.1) is 0 Å². The minimum atomic E-state index is -0.572. The lowest BCUT2D eigenvalue weighted by Gasteiger charge is -2.18. The van der Waals surface area contributed by atoms with Crippen LogP contribution in [-0.2, 0) is 16.1 Å². The van der Waals surface area contributed by atoms with Crippen LogP contribution in [0.4, 0.5) is 5.69 Å². The largest absolute Gasteiger partial charge is 0.493 e. The fourth-order valence-electron chi connectivity index (χ4n) is 5.09. The normalized spacial score (nSPS) is 10.7. The van der Waals surface area contributed by atoms with Crippen LogP contribution in [0.2, 0.25) is 0 Å². The molecule has 0 atom stereocenters. The summed E-state index contributed by atoms with van der Waals surface area (Å²) in [6.07, 6.45) is 11.8. The number of para-hydroxylation sites is 1. The van der Waals surface area contributed by atoms with Gasteiger partial charge in [0.1, 0.15) is 23.7 Å². The molecule has 260 valence electrons. The second-order valence-electron chi connectivity index (χ2n) is 11.9. The Morgan fingerprint density at radius 1 is 0.542 bits per heavy atom. The zero-order valence-corrected chi connectivity index (χ0v) is 29.0. The number of nitrogens with one attached hydrogen (secondary N) is 1. The van der Waals surface area contributed by atoms with Crippen molar-refractivity contribution in [3.05, 3.63) is 89.0 Å². The highest BCUT2D eigenvalue weighted by Crippen LogP contribution is 2.32. The molecule has 0 saturated heterocycles. The summed E-state index contributed by atoms with van der Waals surface area (Å²) in [6.45, 7) is 7.56. The Labute approximate surface area is 286 Å². The summed E-state index contributed by atoms with van der Waals surface area (Å²) < 4.78 is 23.5. The Morgan fingerprint density at radius 3 is 1.69 bits per heavy atom. The monoisotopic (exact) mass is 659 g/mol. The number of hydrogen-bond acceptors (Lipinski definition) is 7. The van der Waals surface area contributed by atoms with Gasteiger partial charge in [-0.1, -0.05) is 121 Å². The number of carbonyl (C=O) groups is 3. The zero-order valence-electron chi connectivity index (χ0n) is 29.0. The van der Waals surface area contributed by atoms with Gasteiger partial charge >= 0.3 is 11.9 Å². The van der Waals surface area contributed by atoms with Crippen LogP contribution >= 0.6 is 0 Å². The fourth-order valence-corrected chi connectivity index (χ4v) is 5.09. The number of anilines is 1. The molecule has 0 aliphatic carbocycles. The summed E-state index contributed by atoms with van der Waals surface area (Å²) in [5.74, 6) is -1.08. The minimum absolute atomic E-state index is 0.0938. The number of rotatable bonds is 23. The molecule has 3 rings (SSSR count). The SMILES string of the molecule is CCCCCCOC(=O)c1ccccc1NC(=O)c1cc(OCCCCCC)c(C(=O)OCc2ccccc2)cc1OCCCCCC. The Kier molecular flexibility index (Phi) is 17.7. The Morgan fingerprint density at radius 2 is 1.06 bits per heavy atom. The average molecular weight is 660 g/mol. The van der Waals surface area contributed by atoms with E-state index < -0.39 is 17.8 Å². The molecule has 0 bridgehead atoms. The van der Waals surface area contributed by atoms with Crippen LogP contribution in [0.15, 0.2) is 66.7 Å². The summed E-state index contributed by atoms with van der Waals surface area (Å²) in [4.78, 5) is 40.4. The van der Waals surface area contributed by atoms with Gasteiger partial charge in [0.05, 0.1) is 36.6 Å². The molecule has 0 fully saturated rings. The molecule has 0 aliphatic heterocycles. The zero-order chi connectivity index (χ0) is 34.4. The molecule has 0 spiro atoms. The van der Waals surface area contributed by atoms with Crippen molar-refractivity contribution in [2.24, 2.45) is 0 Å². The Bertz CT molecular complexity index is 1410. The Hall–Kier alpha value is -4.33.